The number of ether oxygens (including phenoxy) is 1. The van der Waals surface area contributed by atoms with Crippen molar-refractivity contribution in [1.29, 1.82) is 0 Å². The molecule has 2 N–H and O–H groups in total. The van der Waals surface area contributed by atoms with E-state index in [1.165, 1.54) is 0 Å². The van der Waals surface area contributed by atoms with Crippen molar-refractivity contribution in [1.82, 2.24) is 4.98 Å². The lowest BCUT2D eigenvalue weighted by Gasteiger charge is -2.21. The number of nitrogen functional groups attached to an aromatic ring is 1. The van der Waals surface area contributed by atoms with Crippen LogP contribution in [0.15, 0.2) is 27.8 Å². The SMILES string of the molecule is COC(C)(C)CCS(=O)c1nc2ccc(N)cc2o1. The third-order valence-corrected chi connectivity index (χ3v) is 4.17. The summed E-state index contributed by atoms with van der Waals surface area (Å²) >= 11 is 0. The van der Waals surface area contributed by atoms with Crippen LogP contribution in [0, 0.1) is 0 Å². The summed E-state index contributed by atoms with van der Waals surface area (Å²) in [7, 11) is 0.375. The molecule has 1 atom stereocenters. The number of hydrogen-bond donors (Lipinski definition) is 1. The van der Waals surface area contributed by atoms with Crippen LogP contribution in [-0.4, -0.2) is 27.7 Å². The second kappa shape index (κ2) is 5.30. The molecule has 104 valence electrons. The van der Waals surface area contributed by atoms with Crippen molar-refractivity contribution in [3.8, 4) is 0 Å². The lowest BCUT2D eigenvalue weighted by molar-refractivity contribution is 0.0204. The minimum atomic E-state index is -1.27. The minimum absolute atomic E-state index is 0.243. The fourth-order valence-corrected chi connectivity index (χ4v) is 2.78. The molecule has 5 nitrogen and oxygen atoms in total. The number of fused-ring (bicyclic) bond motifs is 1. The molecule has 0 bridgehead atoms. The van der Waals surface area contributed by atoms with E-state index >= 15 is 0 Å². The second-order valence-corrected chi connectivity index (χ2v) is 6.42. The van der Waals surface area contributed by atoms with E-state index in [0.717, 1.165) is 0 Å². The van der Waals surface area contributed by atoms with Gasteiger partial charge in [0.15, 0.2) is 5.58 Å². The van der Waals surface area contributed by atoms with Crippen molar-refractivity contribution in [3.05, 3.63) is 18.2 Å². The topological polar surface area (TPSA) is 78.3 Å². The normalized spacial score (nSPS) is 13.8. The Morgan fingerprint density at radius 1 is 1.47 bits per heavy atom. The molecule has 0 saturated carbocycles. The Bertz CT molecular complexity index is 607. The highest BCUT2D eigenvalue weighted by Crippen LogP contribution is 2.22. The molecule has 2 aromatic rings. The van der Waals surface area contributed by atoms with Gasteiger partial charge in [-0.1, -0.05) is 0 Å². The number of nitrogens with two attached hydrogens (primary N) is 1. The van der Waals surface area contributed by atoms with E-state index in [1.807, 2.05) is 13.8 Å². The van der Waals surface area contributed by atoms with E-state index < -0.39 is 10.8 Å². The molecule has 1 heterocycles. The van der Waals surface area contributed by atoms with E-state index in [9.17, 15) is 4.21 Å². The van der Waals surface area contributed by atoms with Gasteiger partial charge in [0.2, 0.25) is 0 Å². The van der Waals surface area contributed by atoms with Crippen LogP contribution in [0.4, 0.5) is 5.69 Å². The smallest absolute Gasteiger partial charge is 0.287 e. The van der Waals surface area contributed by atoms with Crippen LogP contribution in [0.1, 0.15) is 20.3 Å². The van der Waals surface area contributed by atoms with Crippen molar-refractivity contribution < 1.29 is 13.4 Å². The summed E-state index contributed by atoms with van der Waals surface area (Å²) in [5, 5.41) is 0.243. The molecule has 2 rings (SSSR count). The van der Waals surface area contributed by atoms with Crippen molar-refractivity contribution in [2.75, 3.05) is 18.6 Å². The van der Waals surface area contributed by atoms with E-state index in [4.69, 9.17) is 14.9 Å². The molecular formula is C13H18N2O3S. The fourth-order valence-electron chi connectivity index (χ4n) is 1.55. The number of methoxy groups -OCH3 is 1. The van der Waals surface area contributed by atoms with Gasteiger partial charge in [-0.3, -0.25) is 0 Å². The number of benzene rings is 1. The third kappa shape index (κ3) is 3.33. The maximum Gasteiger partial charge on any atom is 0.287 e. The zero-order valence-corrected chi connectivity index (χ0v) is 12.1. The molecule has 1 aromatic carbocycles. The van der Waals surface area contributed by atoms with Gasteiger partial charge >= 0.3 is 0 Å². The molecule has 0 spiro atoms. The lowest BCUT2D eigenvalue weighted by atomic mass is 10.1. The molecule has 0 fully saturated rings. The maximum absolute atomic E-state index is 12.1. The van der Waals surface area contributed by atoms with Crippen LogP contribution in [-0.2, 0) is 15.5 Å². The van der Waals surface area contributed by atoms with Gasteiger partial charge in [0.05, 0.1) is 5.60 Å². The van der Waals surface area contributed by atoms with Crippen LogP contribution < -0.4 is 5.73 Å². The van der Waals surface area contributed by atoms with Gasteiger partial charge < -0.3 is 14.9 Å². The highest BCUT2D eigenvalue weighted by atomic mass is 32.2. The Hall–Kier alpha value is -1.40. The Morgan fingerprint density at radius 2 is 2.21 bits per heavy atom. The van der Waals surface area contributed by atoms with Crippen molar-refractivity contribution in [2.24, 2.45) is 0 Å². The van der Waals surface area contributed by atoms with Crippen molar-refractivity contribution in [2.45, 2.75) is 31.1 Å². The van der Waals surface area contributed by atoms with Crippen LogP contribution >= 0.6 is 0 Å². The van der Waals surface area contributed by atoms with E-state index in [0.29, 0.717) is 29.0 Å². The van der Waals surface area contributed by atoms with Gasteiger partial charge in [0.25, 0.3) is 5.22 Å². The minimum Gasteiger partial charge on any atom is -0.430 e. The van der Waals surface area contributed by atoms with Gasteiger partial charge in [0, 0.05) is 24.6 Å². The molecule has 1 aromatic heterocycles. The average molecular weight is 282 g/mol. The van der Waals surface area contributed by atoms with Gasteiger partial charge in [-0.15, -0.1) is 0 Å². The Labute approximate surface area is 114 Å². The van der Waals surface area contributed by atoms with Crippen LogP contribution in [0.25, 0.3) is 11.1 Å². The van der Waals surface area contributed by atoms with Crippen LogP contribution in [0.3, 0.4) is 0 Å². The first-order valence-electron chi connectivity index (χ1n) is 6.01. The first-order valence-corrected chi connectivity index (χ1v) is 7.33. The summed E-state index contributed by atoms with van der Waals surface area (Å²) in [6, 6.07) is 5.18. The molecule has 19 heavy (non-hydrogen) atoms. The summed E-state index contributed by atoms with van der Waals surface area (Å²) in [5.74, 6) is 0.448. The number of rotatable bonds is 5. The zero-order chi connectivity index (χ0) is 14.0. The fraction of sp³-hybridized carbons (Fsp3) is 0.462. The predicted octanol–water partition coefficient (Wildman–Crippen LogP) is 2.33. The Balaban J connectivity index is 2.13. The Kier molecular flexibility index (Phi) is 3.91. The molecule has 6 heteroatoms. The van der Waals surface area contributed by atoms with Gasteiger partial charge in [0.1, 0.15) is 16.3 Å². The van der Waals surface area contributed by atoms with E-state index in [1.54, 1.807) is 25.3 Å². The third-order valence-electron chi connectivity index (χ3n) is 3.03. The van der Waals surface area contributed by atoms with Crippen molar-refractivity contribution >= 4 is 27.6 Å². The number of nitrogens with zero attached hydrogens (tertiary/aromatic N) is 1. The quantitative estimate of drug-likeness (QED) is 0.851. The molecule has 0 aliphatic carbocycles. The largest absolute Gasteiger partial charge is 0.430 e. The Morgan fingerprint density at radius 3 is 2.89 bits per heavy atom. The summed E-state index contributed by atoms with van der Waals surface area (Å²) in [5.41, 5.74) is 7.20. The number of hydrogen-bond acceptors (Lipinski definition) is 5. The van der Waals surface area contributed by atoms with Gasteiger partial charge in [-0.25, -0.2) is 9.19 Å². The molecule has 0 amide bonds. The molecular weight excluding hydrogens is 264 g/mol. The highest BCUT2D eigenvalue weighted by molar-refractivity contribution is 7.84. The second-order valence-electron chi connectivity index (χ2n) is 4.97. The highest BCUT2D eigenvalue weighted by Gasteiger charge is 2.20. The molecule has 0 radical (unpaired) electrons. The summed E-state index contributed by atoms with van der Waals surface area (Å²) in [4.78, 5) is 4.22. The number of aromatic nitrogens is 1. The molecule has 0 aliphatic heterocycles. The molecule has 1 unspecified atom stereocenters. The number of oxazole rings is 1. The van der Waals surface area contributed by atoms with Gasteiger partial charge in [-0.2, -0.15) is 0 Å². The monoisotopic (exact) mass is 282 g/mol. The molecule has 0 saturated heterocycles. The van der Waals surface area contributed by atoms with Gasteiger partial charge in [-0.05, 0) is 32.4 Å². The maximum atomic E-state index is 12.1. The first kappa shape index (κ1) is 14.0. The lowest BCUT2D eigenvalue weighted by Crippen LogP contribution is -2.24. The van der Waals surface area contributed by atoms with Crippen LogP contribution in [0.2, 0.25) is 0 Å². The summed E-state index contributed by atoms with van der Waals surface area (Å²) < 4.78 is 22.9. The standard InChI is InChI=1S/C13H18N2O3S/c1-13(2,17-3)6-7-19(16)12-15-10-5-4-9(14)8-11(10)18-12/h4-5,8H,6-7,14H2,1-3H3. The number of anilines is 1. The predicted molar refractivity (Wildman–Crippen MR) is 75.4 cm³/mol. The zero-order valence-electron chi connectivity index (χ0n) is 11.3. The summed E-state index contributed by atoms with van der Waals surface area (Å²) in [6.07, 6.45) is 0.664. The van der Waals surface area contributed by atoms with Crippen molar-refractivity contribution in [3.63, 3.8) is 0 Å². The molecule has 0 aliphatic rings. The first-order chi connectivity index (χ1) is 8.91. The average Bonchev–Trinajstić information content (AvgIpc) is 2.79. The summed E-state index contributed by atoms with van der Waals surface area (Å²) in [6.45, 7) is 3.91. The van der Waals surface area contributed by atoms with Crippen LogP contribution in [0.5, 0.6) is 0 Å². The van der Waals surface area contributed by atoms with E-state index in [-0.39, 0.29) is 10.8 Å². The van der Waals surface area contributed by atoms with E-state index in [2.05, 4.69) is 4.98 Å².